The number of hydrogen-bond donors (Lipinski definition) is 2. The van der Waals surface area contributed by atoms with Gasteiger partial charge in [0.15, 0.2) is 0 Å². The van der Waals surface area contributed by atoms with Crippen LogP contribution in [0, 0.1) is 0 Å². The zero-order valence-corrected chi connectivity index (χ0v) is 13.3. The number of aromatic nitrogens is 4. The molecule has 0 fully saturated rings. The van der Waals surface area contributed by atoms with Crippen molar-refractivity contribution in [2.75, 3.05) is 0 Å². The van der Waals surface area contributed by atoms with Crippen LogP contribution in [0.15, 0.2) is 36.7 Å². The molecule has 0 saturated carbocycles. The number of carbonyl (C=O) groups is 1. The van der Waals surface area contributed by atoms with Crippen LogP contribution in [0.5, 0.6) is 0 Å². The molecule has 6 nitrogen and oxygen atoms in total. The highest BCUT2D eigenvalue weighted by Gasteiger charge is 2.32. The maximum absolute atomic E-state index is 12.9. The van der Waals surface area contributed by atoms with E-state index >= 15 is 0 Å². The third-order valence-corrected chi connectivity index (χ3v) is 3.68. The van der Waals surface area contributed by atoms with Gasteiger partial charge in [0.25, 0.3) is 5.91 Å². The summed E-state index contributed by atoms with van der Waals surface area (Å²) in [6.07, 6.45) is 3.38. The van der Waals surface area contributed by atoms with Gasteiger partial charge in [-0.15, -0.1) is 0 Å². The SMILES string of the molecule is CC(Cn1ncc2cc(-c3ccn[nH]3)ccc21)NC(=O)C(C)(F)F. The summed E-state index contributed by atoms with van der Waals surface area (Å²) in [6, 6.07) is 7.20. The molecule has 0 aliphatic rings. The molecule has 1 unspecified atom stereocenters. The van der Waals surface area contributed by atoms with Crippen molar-refractivity contribution in [1.82, 2.24) is 25.3 Å². The number of benzene rings is 1. The molecule has 0 bridgehead atoms. The molecular formula is C16H17F2N5O. The summed E-state index contributed by atoms with van der Waals surface area (Å²) in [5.74, 6) is -4.67. The number of halogens is 2. The van der Waals surface area contributed by atoms with Crippen molar-refractivity contribution in [3.05, 3.63) is 36.7 Å². The fourth-order valence-electron chi connectivity index (χ4n) is 2.47. The summed E-state index contributed by atoms with van der Waals surface area (Å²) < 4.78 is 27.6. The number of nitrogens with one attached hydrogen (secondary N) is 2. The van der Waals surface area contributed by atoms with E-state index in [1.807, 2.05) is 24.3 Å². The van der Waals surface area contributed by atoms with Gasteiger partial charge in [0, 0.05) is 30.1 Å². The maximum Gasteiger partial charge on any atom is 0.321 e. The van der Waals surface area contributed by atoms with E-state index in [9.17, 15) is 13.6 Å². The molecule has 2 aromatic heterocycles. The molecule has 126 valence electrons. The van der Waals surface area contributed by atoms with Gasteiger partial charge in [-0.1, -0.05) is 6.07 Å². The van der Waals surface area contributed by atoms with Crippen LogP contribution in [0.25, 0.3) is 22.2 Å². The molecule has 0 aliphatic heterocycles. The van der Waals surface area contributed by atoms with Crippen LogP contribution in [-0.2, 0) is 11.3 Å². The molecule has 1 atom stereocenters. The first-order valence-electron chi connectivity index (χ1n) is 7.48. The number of carbonyl (C=O) groups excluding carboxylic acids is 1. The predicted molar refractivity (Wildman–Crippen MR) is 85.5 cm³/mol. The van der Waals surface area contributed by atoms with E-state index in [0.717, 1.165) is 22.2 Å². The molecule has 8 heteroatoms. The molecule has 2 heterocycles. The van der Waals surface area contributed by atoms with Crippen LogP contribution >= 0.6 is 0 Å². The topological polar surface area (TPSA) is 75.6 Å². The zero-order valence-electron chi connectivity index (χ0n) is 13.3. The Morgan fingerprint density at radius 2 is 2.21 bits per heavy atom. The highest BCUT2D eigenvalue weighted by molar-refractivity contribution is 5.84. The van der Waals surface area contributed by atoms with Crippen molar-refractivity contribution in [1.29, 1.82) is 0 Å². The summed E-state index contributed by atoms with van der Waals surface area (Å²) in [4.78, 5) is 11.3. The van der Waals surface area contributed by atoms with Crippen molar-refractivity contribution < 1.29 is 13.6 Å². The Kier molecular flexibility index (Phi) is 4.04. The molecule has 3 aromatic rings. The van der Waals surface area contributed by atoms with E-state index in [1.54, 1.807) is 24.0 Å². The lowest BCUT2D eigenvalue weighted by molar-refractivity contribution is -0.143. The lowest BCUT2D eigenvalue weighted by atomic mass is 10.1. The highest BCUT2D eigenvalue weighted by atomic mass is 19.3. The van der Waals surface area contributed by atoms with Gasteiger partial charge in [-0.3, -0.25) is 14.6 Å². The van der Waals surface area contributed by atoms with Gasteiger partial charge in [-0.05, 0) is 25.1 Å². The van der Waals surface area contributed by atoms with Gasteiger partial charge >= 0.3 is 5.92 Å². The minimum Gasteiger partial charge on any atom is -0.347 e. The van der Waals surface area contributed by atoms with Gasteiger partial charge in [-0.25, -0.2) is 0 Å². The Hall–Kier alpha value is -2.77. The zero-order chi connectivity index (χ0) is 17.3. The molecule has 0 saturated heterocycles. The molecule has 3 rings (SSSR count). The molecule has 1 amide bonds. The number of nitrogens with zero attached hydrogens (tertiary/aromatic N) is 3. The van der Waals surface area contributed by atoms with E-state index < -0.39 is 17.9 Å². The number of aromatic amines is 1. The van der Waals surface area contributed by atoms with Crippen molar-refractivity contribution in [2.24, 2.45) is 0 Å². The van der Waals surface area contributed by atoms with E-state index in [1.165, 1.54) is 0 Å². The Labute approximate surface area is 136 Å². The first-order chi connectivity index (χ1) is 11.3. The third-order valence-electron chi connectivity index (χ3n) is 3.68. The van der Waals surface area contributed by atoms with E-state index in [0.29, 0.717) is 13.5 Å². The normalized spacial score (nSPS) is 13.2. The maximum atomic E-state index is 12.9. The molecule has 2 N–H and O–H groups in total. The minimum absolute atomic E-state index is 0.300. The number of amides is 1. The van der Waals surface area contributed by atoms with Crippen LogP contribution in [-0.4, -0.2) is 37.8 Å². The largest absolute Gasteiger partial charge is 0.347 e. The second-order valence-electron chi connectivity index (χ2n) is 5.83. The highest BCUT2D eigenvalue weighted by Crippen LogP contribution is 2.23. The number of alkyl halides is 2. The van der Waals surface area contributed by atoms with Crippen LogP contribution in [0.1, 0.15) is 13.8 Å². The van der Waals surface area contributed by atoms with E-state index in [-0.39, 0.29) is 0 Å². The van der Waals surface area contributed by atoms with E-state index in [2.05, 4.69) is 20.6 Å². The van der Waals surface area contributed by atoms with Crippen molar-refractivity contribution in [3.63, 3.8) is 0 Å². The van der Waals surface area contributed by atoms with Crippen molar-refractivity contribution in [2.45, 2.75) is 32.4 Å². The first-order valence-corrected chi connectivity index (χ1v) is 7.48. The fraction of sp³-hybridized carbons (Fsp3) is 0.312. The van der Waals surface area contributed by atoms with Gasteiger partial charge < -0.3 is 5.32 Å². The minimum atomic E-state index is -3.39. The second-order valence-corrected chi connectivity index (χ2v) is 5.83. The molecule has 0 radical (unpaired) electrons. The van der Waals surface area contributed by atoms with Gasteiger partial charge in [0.2, 0.25) is 0 Å². The lowest BCUT2D eigenvalue weighted by Gasteiger charge is -2.17. The van der Waals surface area contributed by atoms with Gasteiger partial charge in [-0.2, -0.15) is 19.0 Å². The summed E-state index contributed by atoms with van der Waals surface area (Å²) in [5.41, 5.74) is 2.74. The summed E-state index contributed by atoms with van der Waals surface area (Å²) in [6.45, 7) is 2.54. The molecule has 24 heavy (non-hydrogen) atoms. The smallest absolute Gasteiger partial charge is 0.321 e. The van der Waals surface area contributed by atoms with Crippen LogP contribution in [0.2, 0.25) is 0 Å². The van der Waals surface area contributed by atoms with Crippen LogP contribution in [0.4, 0.5) is 8.78 Å². The average molecular weight is 333 g/mol. The van der Waals surface area contributed by atoms with E-state index in [4.69, 9.17) is 0 Å². The summed E-state index contributed by atoms with van der Waals surface area (Å²) in [7, 11) is 0. The molecule has 1 aromatic carbocycles. The summed E-state index contributed by atoms with van der Waals surface area (Å²) in [5, 5.41) is 14.3. The number of fused-ring (bicyclic) bond motifs is 1. The standard InChI is InChI=1S/C16H17F2N5O/c1-10(21-15(24)16(2,17)18)9-23-14-4-3-11(7-12(14)8-20-23)13-5-6-19-22-13/h3-8,10H,9H2,1-2H3,(H,19,22)(H,21,24). The number of rotatable bonds is 5. The molecular weight excluding hydrogens is 316 g/mol. The Morgan fingerprint density at radius 1 is 1.42 bits per heavy atom. The monoisotopic (exact) mass is 333 g/mol. The number of hydrogen-bond acceptors (Lipinski definition) is 3. The van der Waals surface area contributed by atoms with Gasteiger partial charge in [0.05, 0.1) is 24.0 Å². The van der Waals surface area contributed by atoms with Crippen molar-refractivity contribution >= 4 is 16.8 Å². The van der Waals surface area contributed by atoms with Crippen molar-refractivity contribution in [3.8, 4) is 11.3 Å². The second kappa shape index (κ2) is 6.03. The Balaban J connectivity index is 1.77. The molecule has 0 spiro atoms. The van der Waals surface area contributed by atoms with Crippen LogP contribution < -0.4 is 5.32 Å². The first kappa shape index (κ1) is 16.1. The lowest BCUT2D eigenvalue weighted by Crippen LogP contribution is -2.44. The Bertz CT molecular complexity index is 851. The summed E-state index contributed by atoms with van der Waals surface area (Å²) >= 11 is 0. The van der Waals surface area contributed by atoms with Gasteiger partial charge in [0.1, 0.15) is 0 Å². The molecule has 0 aliphatic carbocycles. The third kappa shape index (κ3) is 3.27. The average Bonchev–Trinajstić information content (AvgIpc) is 3.15. The number of H-pyrrole nitrogens is 1. The Morgan fingerprint density at radius 3 is 2.88 bits per heavy atom. The quantitative estimate of drug-likeness (QED) is 0.753. The predicted octanol–water partition coefficient (Wildman–Crippen LogP) is 2.59. The fourth-order valence-corrected chi connectivity index (χ4v) is 2.47. The van der Waals surface area contributed by atoms with Crippen LogP contribution in [0.3, 0.4) is 0 Å².